The van der Waals surface area contributed by atoms with E-state index in [0.717, 1.165) is 4.47 Å². The van der Waals surface area contributed by atoms with Gasteiger partial charge in [-0.1, -0.05) is 20.8 Å². The normalized spacial score (nSPS) is 11.5. The van der Waals surface area contributed by atoms with Crippen LogP contribution >= 0.6 is 15.9 Å². The minimum atomic E-state index is 0.100. The van der Waals surface area contributed by atoms with Gasteiger partial charge in [0.05, 0.1) is 17.3 Å². The van der Waals surface area contributed by atoms with E-state index in [2.05, 4.69) is 42.8 Å². The summed E-state index contributed by atoms with van der Waals surface area (Å²) in [6.45, 7) is 6.46. The third-order valence-electron chi connectivity index (χ3n) is 2.14. The van der Waals surface area contributed by atoms with Crippen LogP contribution in [-0.2, 0) is 5.41 Å². The predicted molar refractivity (Wildman–Crippen MR) is 63.8 cm³/mol. The van der Waals surface area contributed by atoms with Crippen LogP contribution in [0.3, 0.4) is 0 Å². The maximum Gasteiger partial charge on any atom is 0.155 e. The third kappa shape index (κ3) is 2.21. The van der Waals surface area contributed by atoms with Crippen molar-refractivity contribution in [2.45, 2.75) is 26.2 Å². The zero-order chi connectivity index (χ0) is 10.9. The molecule has 14 heavy (non-hydrogen) atoms. The van der Waals surface area contributed by atoms with Crippen molar-refractivity contribution in [1.82, 2.24) is 0 Å². The van der Waals surface area contributed by atoms with Gasteiger partial charge in [-0.3, -0.25) is 0 Å². The lowest BCUT2D eigenvalue weighted by atomic mass is 9.87. The Bertz CT molecular complexity index is 319. The molecule has 0 spiro atoms. The van der Waals surface area contributed by atoms with Crippen LogP contribution in [0.2, 0.25) is 0 Å². The van der Waals surface area contributed by atoms with E-state index in [1.807, 2.05) is 6.07 Å². The molecule has 0 unspecified atom stereocenters. The Kier molecular flexibility index (Phi) is 3.10. The van der Waals surface area contributed by atoms with Crippen molar-refractivity contribution in [1.29, 1.82) is 0 Å². The summed E-state index contributed by atoms with van der Waals surface area (Å²) in [6, 6.07) is 4.01. The van der Waals surface area contributed by atoms with Gasteiger partial charge in [-0.25, -0.2) is 0 Å². The van der Waals surface area contributed by atoms with Crippen LogP contribution in [0, 0.1) is 0 Å². The fraction of sp³-hybridized carbons (Fsp3) is 0.455. The summed E-state index contributed by atoms with van der Waals surface area (Å²) < 4.78 is 6.08. The van der Waals surface area contributed by atoms with Crippen LogP contribution in [-0.4, -0.2) is 7.11 Å². The largest absolute Gasteiger partial charge is 0.493 e. The fourth-order valence-electron chi connectivity index (χ4n) is 1.26. The molecule has 0 amide bonds. The van der Waals surface area contributed by atoms with Gasteiger partial charge in [0.2, 0.25) is 0 Å². The highest BCUT2D eigenvalue weighted by Gasteiger charge is 2.17. The second kappa shape index (κ2) is 3.81. The van der Waals surface area contributed by atoms with Gasteiger partial charge in [0.1, 0.15) is 0 Å². The topological polar surface area (TPSA) is 35.2 Å². The molecule has 0 fully saturated rings. The van der Waals surface area contributed by atoms with Gasteiger partial charge in [0.25, 0.3) is 0 Å². The molecule has 0 aliphatic carbocycles. The molecule has 0 radical (unpaired) electrons. The molecular weight excluding hydrogens is 242 g/mol. The van der Waals surface area contributed by atoms with E-state index in [9.17, 15) is 0 Å². The van der Waals surface area contributed by atoms with Gasteiger partial charge < -0.3 is 10.5 Å². The lowest BCUT2D eigenvalue weighted by Gasteiger charge is -2.21. The van der Waals surface area contributed by atoms with Crippen molar-refractivity contribution in [3.8, 4) is 5.75 Å². The fourth-order valence-corrected chi connectivity index (χ4v) is 1.90. The summed E-state index contributed by atoms with van der Waals surface area (Å²) in [6.07, 6.45) is 0. The number of benzene rings is 1. The number of anilines is 1. The Morgan fingerprint density at radius 3 is 2.21 bits per heavy atom. The van der Waals surface area contributed by atoms with E-state index < -0.39 is 0 Å². The maximum absolute atomic E-state index is 5.87. The molecule has 0 bridgehead atoms. The van der Waals surface area contributed by atoms with E-state index >= 15 is 0 Å². The maximum atomic E-state index is 5.87. The Morgan fingerprint density at radius 2 is 1.86 bits per heavy atom. The average molecular weight is 258 g/mol. The molecule has 3 heteroatoms. The van der Waals surface area contributed by atoms with Crippen molar-refractivity contribution in [2.75, 3.05) is 12.8 Å². The van der Waals surface area contributed by atoms with Crippen LogP contribution in [0.1, 0.15) is 26.3 Å². The summed E-state index contributed by atoms with van der Waals surface area (Å²) in [7, 11) is 1.62. The van der Waals surface area contributed by atoms with Crippen LogP contribution in [0.5, 0.6) is 5.75 Å². The van der Waals surface area contributed by atoms with Gasteiger partial charge in [0.15, 0.2) is 5.75 Å². The Morgan fingerprint density at radius 1 is 1.29 bits per heavy atom. The van der Waals surface area contributed by atoms with Crippen LogP contribution in [0.25, 0.3) is 0 Å². The summed E-state index contributed by atoms with van der Waals surface area (Å²) in [5.74, 6) is 0.706. The minimum absolute atomic E-state index is 0.100. The first-order valence-corrected chi connectivity index (χ1v) is 5.29. The van der Waals surface area contributed by atoms with E-state index in [0.29, 0.717) is 11.4 Å². The summed E-state index contributed by atoms with van der Waals surface area (Å²) in [4.78, 5) is 0. The van der Waals surface area contributed by atoms with E-state index in [1.165, 1.54) is 5.56 Å². The Hall–Kier alpha value is -0.700. The number of nitrogens with two attached hydrogens (primary N) is 1. The van der Waals surface area contributed by atoms with Crippen molar-refractivity contribution in [3.05, 3.63) is 22.2 Å². The van der Waals surface area contributed by atoms with E-state index in [1.54, 1.807) is 7.11 Å². The van der Waals surface area contributed by atoms with E-state index in [-0.39, 0.29) is 5.41 Å². The number of ether oxygens (including phenoxy) is 1. The third-order valence-corrected chi connectivity index (χ3v) is 2.73. The summed E-state index contributed by atoms with van der Waals surface area (Å²) >= 11 is 3.45. The van der Waals surface area contributed by atoms with Crippen molar-refractivity contribution >= 4 is 21.6 Å². The standard InChI is InChI=1S/C11H16BrNO/c1-11(2,3)7-5-8(12)10(14-4)9(13)6-7/h5-6H,13H2,1-4H3. The number of nitrogen functional groups attached to an aromatic ring is 1. The van der Waals surface area contributed by atoms with Gasteiger partial charge in [-0.15, -0.1) is 0 Å². The molecule has 0 aliphatic rings. The average Bonchev–Trinajstić information content (AvgIpc) is 2.01. The number of halogens is 1. The predicted octanol–water partition coefficient (Wildman–Crippen LogP) is 3.34. The molecule has 78 valence electrons. The summed E-state index contributed by atoms with van der Waals surface area (Å²) in [5.41, 5.74) is 7.84. The number of hydrogen-bond donors (Lipinski definition) is 1. The molecule has 1 aromatic rings. The molecule has 0 aliphatic heterocycles. The lowest BCUT2D eigenvalue weighted by Crippen LogP contribution is -2.12. The highest BCUT2D eigenvalue weighted by molar-refractivity contribution is 9.10. The van der Waals surface area contributed by atoms with Crippen molar-refractivity contribution < 1.29 is 4.74 Å². The molecule has 1 aromatic carbocycles. The molecule has 0 atom stereocenters. The van der Waals surface area contributed by atoms with Crippen LogP contribution in [0.15, 0.2) is 16.6 Å². The second-order valence-electron chi connectivity index (χ2n) is 4.33. The first-order valence-electron chi connectivity index (χ1n) is 4.49. The summed E-state index contributed by atoms with van der Waals surface area (Å²) in [5, 5.41) is 0. The molecule has 0 saturated heterocycles. The first kappa shape index (κ1) is 11.4. The molecule has 2 nitrogen and oxygen atoms in total. The lowest BCUT2D eigenvalue weighted by molar-refractivity contribution is 0.413. The highest BCUT2D eigenvalue weighted by atomic mass is 79.9. The zero-order valence-electron chi connectivity index (χ0n) is 9.02. The Labute approximate surface area is 93.6 Å². The van der Waals surface area contributed by atoms with Crippen LogP contribution < -0.4 is 10.5 Å². The minimum Gasteiger partial charge on any atom is -0.493 e. The number of methoxy groups -OCH3 is 1. The van der Waals surface area contributed by atoms with Crippen molar-refractivity contribution in [2.24, 2.45) is 0 Å². The SMILES string of the molecule is COc1c(N)cc(C(C)(C)C)cc1Br. The molecule has 0 aromatic heterocycles. The second-order valence-corrected chi connectivity index (χ2v) is 5.18. The smallest absolute Gasteiger partial charge is 0.155 e. The molecule has 0 heterocycles. The highest BCUT2D eigenvalue weighted by Crippen LogP contribution is 2.36. The van der Waals surface area contributed by atoms with Gasteiger partial charge in [-0.05, 0) is 39.0 Å². The number of hydrogen-bond acceptors (Lipinski definition) is 2. The first-order chi connectivity index (χ1) is 6.36. The molecular formula is C11H16BrNO. The monoisotopic (exact) mass is 257 g/mol. The van der Waals surface area contributed by atoms with Gasteiger partial charge in [-0.2, -0.15) is 0 Å². The molecule has 1 rings (SSSR count). The van der Waals surface area contributed by atoms with E-state index in [4.69, 9.17) is 10.5 Å². The molecule has 2 N–H and O–H groups in total. The Balaban J connectivity index is 3.28. The van der Waals surface area contributed by atoms with Gasteiger partial charge >= 0.3 is 0 Å². The van der Waals surface area contributed by atoms with Gasteiger partial charge in [0, 0.05) is 0 Å². The molecule has 0 saturated carbocycles. The zero-order valence-corrected chi connectivity index (χ0v) is 10.6. The quantitative estimate of drug-likeness (QED) is 0.784. The van der Waals surface area contributed by atoms with Crippen molar-refractivity contribution in [3.63, 3.8) is 0 Å². The van der Waals surface area contributed by atoms with Crippen LogP contribution in [0.4, 0.5) is 5.69 Å². The number of rotatable bonds is 1.